The number of esters is 1. The predicted octanol–water partition coefficient (Wildman–Crippen LogP) is 3.86. The molecule has 1 amide bonds. The van der Waals surface area contributed by atoms with Crippen LogP contribution in [-0.4, -0.2) is 18.4 Å². The highest BCUT2D eigenvalue weighted by Crippen LogP contribution is 2.21. The summed E-state index contributed by atoms with van der Waals surface area (Å²) in [4.78, 5) is 36.4. The van der Waals surface area contributed by atoms with Crippen molar-refractivity contribution in [2.24, 2.45) is 0 Å². The van der Waals surface area contributed by atoms with Gasteiger partial charge in [-0.1, -0.05) is 43.7 Å². The lowest BCUT2D eigenvalue weighted by Crippen LogP contribution is -2.28. The number of unbranched alkanes of at least 4 members (excludes halogenated alkanes) is 1. The second-order valence-corrected chi connectivity index (χ2v) is 6.72. The number of benzene rings is 2. The third-order valence-corrected chi connectivity index (χ3v) is 4.46. The van der Waals surface area contributed by atoms with Crippen molar-refractivity contribution >= 4 is 22.8 Å². The zero-order valence-electron chi connectivity index (χ0n) is 16.3. The number of nitrogens with one attached hydrogen (secondary N) is 1. The number of ether oxygens (including phenoxy) is 1. The Labute approximate surface area is 168 Å². The molecule has 0 fully saturated rings. The van der Waals surface area contributed by atoms with Crippen LogP contribution in [0.4, 0.5) is 0 Å². The Bertz CT molecular complexity index is 1060. The minimum atomic E-state index is -0.723. The summed E-state index contributed by atoms with van der Waals surface area (Å²) in [6.07, 6.45) is 2.60. The molecule has 0 atom stereocenters. The molecule has 6 nitrogen and oxygen atoms in total. The minimum Gasteiger partial charge on any atom is -0.426 e. The number of rotatable bonds is 8. The van der Waals surface area contributed by atoms with Crippen LogP contribution in [0.2, 0.25) is 0 Å². The normalized spacial score (nSPS) is 10.7. The van der Waals surface area contributed by atoms with Gasteiger partial charge < -0.3 is 14.5 Å². The van der Waals surface area contributed by atoms with Crippen molar-refractivity contribution in [3.63, 3.8) is 0 Å². The van der Waals surface area contributed by atoms with E-state index in [0.717, 1.165) is 18.4 Å². The van der Waals surface area contributed by atoms with Gasteiger partial charge in [-0.15, -0.1) is 0 Å². The molecule has 0 bridgehead atoms. The maximum Gasteiger partial charge on any atom is 0.349 e. The zero-order chi connectivity index (χ0) is 20.6. The summed E-state index contributed by atoms with van der Waals surface area (Å²) >= 11 is 0. The van der Waals surface area contributed by atoms with Crippen LogP contribution in [0.5, 0.6) is 5.75 Å². The van der Waals surface area contributed by atoms with Gasteiger partial charge in [0.15, 0.2) is 0 Å². The van der Waals surface area contributed by atoms with E-state index in [9.17, 15) is 14.4 Å². The van der Waals surface area contributed by atoms with Crippen molar-refractivity contribution in [1.82, 2.24) is 5.32 Å². The first-order chi connectivity index (χ1) is 14.1. The Morgan fingerprint density at radius 3 is 2.62 bits per heavy atom. The lowest BCUT2D eigenvalue weighted by atomic mass is 10.1. The van der Waals surface area contributed by atoms with Crippen LogP contribution in [0.25, 0.3) is 11.0 Å². The summed E-state index contributed by atoms with van der Waals surface area (Å²) in [5.41, 5.74) is 0.549. The van der Waals surface area contributed by atoms with E-state index in [1.807, 2.05) is 37.3 Å². The molecule has 150 valence electrons. The maximum absolute atomic E-state index is 12.2. The SMILES string of the molecule is CCCCNC(=O)c1cc2ccc(OC(=O)CCc3ccccc3)cc2oc1=O. The summed E-state index contributed by atoms with van der Waals surface area (Å²) in [5.74, 6) is -0.535. The monoisotopic (exact) mass is 393 g/mol. The van der Waals surface area contributed by atoms with Gasteiger partial charge in [0.1, 0.15) is 16.9 Å². The highest BCUT2D eigenvalue weighted by molar-refractivity contribution is 5.96. The Kier molecular flexibility index (Phi) is 6.79. The molecule has 1 heterocycles. The lowest BCUT2D eigenvalue weighted by molar-refractivity contribution is -0.134. The largest absolute Gasteiger partial charge is 0.426 e. The molecule has 0 radical (unpaired) electrons. The van der Waals surface area contributed by atoms with Crippen LogP contribution in [0, 0.1) is 0 Å². The first-order valence-electron chi connectivity index (χ1n) is 9.67. The fraction of sp³-hybridized carbons (Fsp3) is 0.261. The molecule has 2 aromatic carbocycles. The molecule has 0 unspecified atom stereocenters. The summed E-state index contributed by atoms with van der Waals surface area (Å²) < 4.78 is 10.6. The van der Waals surface area contributed by atoms with Crippen molar-refractivity contribution in [3.05, 3.63) is 76.1 Å². The van der Waals surface area contributed by atoms with E-state index in [1.54, 1.807) is 12.1 Å². The van der Waals surface area contributed by atoms with Gasteiger partial charge in [-0.05, 0) is 36.6 Å². The van der Waals surface area contributed by atoms with Crippen LogP contribution in [0.1, 0.15) is 42.1 Å². The third kappa shape index (κ3) is 5.54. The molecular weight excluding hydrogens is 370 g/mol. The molecule has 3 rings (SSSR count). The molecule has 0 aliphatic heterocycles. The van der Waals surface area contributed by atoms with Gasteiger partial charge in [0.25, 0.3) is 5.91 Å². The van der Waals surface area contributed by atoms with Crippen molar-refractivity contribution in [2.75, 3.05) is 6.54 Å². The van der Waals surface area contributed by atoms with Crippen molar-refractivity contribution in [1.29, 1.82) is 0 Å². The van der Waals surface area contributed by atoms with Gasteiger partial charge in [0.05, 0.1) is 0 Å². The van der Waals surface area contributed by atoms with Crippen LogP contribution in [0.15, 0.2) is 63.8 Å². The standard InChI is InChI=1S/C23H23NO5/c1-2-3-13-24-22(26)19-14-17-10-11-18(15-20(17)29-23(19)27)28-21(25)12-9-16-7-5-4-6-8-16/h4-8,10-11,14-15H,2-3,9,12-13H2,1H3,(H,24,26). The van der Waals surface area contributed by atoms with Gasteiger partial charge >= 0.3 is 11.6 Å². The quantitative estimate of drug-likeness (QED) is 0.272. The van der Waals surface area contributed by atoms with Gasteiger partial charge in [-0.25, -0.2) is 4.79 Å². The van der Waals surface area contributed by atoms with Crippen molar-refractivity contribution in [2.45, 2.75) is 32.6 Å². The fourth-order valence-electron chi connectivity index (χ4n) is 2.86. The summed E-state index contributed by atoms with van der Waals surface area (Å²) in [6, 6.07) is 15.9. The molecule has 29 heavy (non-hydrogen) atoms. The minimum absolute atomic E-state index is 0.0405. The van der Waals surface area contributed by atoms with Crippen LogP contribution >= 0.6 is 0 Å². The molecule has 1 N–H and O–H groups in total. The molecule has 0 aliphatic rings. The van der Waals surface area contributed by atoms with Crippen LogP contribution in [0.3, 0.4) is 0 Å². The average Bonchev–Trinajstić information content (AvgIpc) is 2.72. The Morgan fingerprint density at radius 2 is 1.86 bits per heavy atom. The molecule has 0 aliphatic carbocycles. The number of aryl methyl sites for hydroxylation is 1. The first-order valence-corrected chi connectivity index (χ1v) is 9.67. The molecule has 6 heteroatoms. The summed E-state index contributed by atoms with van der Waals surface area (Å²) in [5, 5.41) is 3.28. The predicted molar refractivity (Wildman–Crippen MR) is 110 cm³/mol. The van der Waals surface area contributed by atoms with Crippen molar-refractivity contribution < 1.29 is 18.7 Å². The van der Waals surface area contributed by atoms with E-state index in [2.05, 4.69) is 5.32 Å². The number of carbonyl (C=O) groups excluding carboxylic acids is 2. The van der Waals surface area contributed by atoms with Crippen molar-refractivity contribution in [3.8, 4) is 5.75 Å². The Morgan fingerprint density at radius 1 is 1.07 bits per heavy atom. The number of hydrogen-bond donors (Lipinski definition) is 1. The molecule has 0 saturated heterocycles. The highest BCUT2D eigenvalue weighted by Gasteiger charge is 2.14. The van der Waals surface area contributed by atoms with E-state index in [-0.39, 0.29) is 23.5 Å². The van der Waals surface area contributed by atoms with E-state index in [4.69, 9.17) is 9.15 Å². The van der Waals surface area contributed by atoms with E-state index in [1.165, 1.54) is 12.1 Å². The molecular formula is C23H23NO5. The van der Waals surface area contributed by atoms with Gasteiger partial charge in [-0.2, -0.15) is 0 Å². The van der Waals surface area contributed by atoms with Crippen LogP contribution < -0.4 is 15.7 Å². The molecule has 3 aromatic rings. The number of hydrogen-bond acceptors (Lipinski definition) is 5. The molecule has 1 aromatic heterocycles. The van der Waals surface area contributed by atoms with E-state index >= 15 is 0 Å². The van der Waals surface area contributed by atoms with Gasteiger partial charge in [-0.3, -0.25) is 9.59 Å². The second-order valence-electron chi connectivity index (χ2n) is 6.72. The van der Waals surface area contributed by atoms with E-state index in [0.29, 0.717) is 24.1 Å². The molecule has 0 saturated carbocycles. The Hall–Kier alpha value is -3.41. The average molecular weight is 393 g/mol. The Balaban J connectivity index is 1.68. The lowest BCUT2D eigenvalue weighted by Gasteiger charge is -2.07. The summed E-state index contributed by atoms with van der Waals surface area (Å²) in [7, 11) is 0. The highest BCUT2D eigenvalue weighted by atomic mass is 16.5. The smallest absolute Gasteiger partial charge is 0.349 e. The second kappa shape index (κ2) is 9.68. The van der Waals surface area contributed by atoms with Gasteiger partial charge in [0, 0.05) is 24.4 Å². The first kappa shape index (κ1) is 20.3. The maximum atomic E-state index is 12.2. The zero-order valence-corrected chi connectivity index (χ0v) is 16.3. The molecule has 0 spiro atoms. The van der Waals surface area contributed by atoms with Crippen LogP contribution in [-0.2, 0) is 11.2 Å². The number of fused-ring (bicyclic) bond motifs is 1. The van der Waals surface area contributed by atoms with Gasteiger partial charge in [0.2, 0.25) is 0 Å². The fourth-order valence-corrected chi connectivity index (χ4v) is 2.86. The van der Waals surface area contributed by atoms with E-state index < -0.39 is 11.5 Å². The number of amides is 1. The third-order valence-electron chi connectivity index (χ3n) is 4.46. The number of carbonyl (C=O) groups is 2. The topological polar surface area (TPSA) is 85.6 Å². The summed E-state index contributed by atoms with van der Waals surface area (Å²) in [6.45, 7) is 2.52.